The number of aromatic nitrogens is 2. The van der Waals surface area contributed by atoms with E-state index in [0.717, 1.165) is 28.0 Å². The predicted molar refractivity (Wildman–Crippen MR) is 98.0 cm³/mol. The van der Waals surface area contributed by atoms with E-state index in [0.29, 0.717) is 24.4 Å². The SMILES string of the molecule is O=c1oc(-c2cn(CC3CCS(=O)(=O)CC3)c3c(Cl)cccc23)ns1. The molecule has 1 fully saturated rings. The lowest BCUT2D eigenvalue weighted by atomic mass is 10.0. The molecule has 132 valence electrons. The lowest BCUT2D eigenvalue weighted by Gasteiger charge is -2.22. The normalized spacial score (nSPS) is 18.0. The second-order valence-corrected chi connectivity index (χ2v) is 9.68. The lowest BCUT2D eigenvalue weighted by Crippen LogP contribution is -2.25. The lowest BCUT2D eigenvalue weighted by molar-refractivity contribution is 0.410. The van der Waals surface area contributed by atoms with E-state index in [1.807, 2.05) is 29.0 Å². The topological polar surface area (TPSA) is 82.2 Å². The molecule has 2 aromatic heterocycles. The number of fused-ring (bicyclic) bond motifs is 1. The maximum absolute atomic E-state index is 11.6. The summed E-state index contributed by atoms with van der Waals surface area (Å²) in [7, 11) is -2.89. The number of para-hydroxylation sites is 1. The second-order valence-electron chi connectivity index (χ2n) is 6.27. The Morgan fingerprint density at radius 3 is 2.76 bits per heavy atom. The van der Waals surface area contributed by atoms with Crippen LogP contribution in [0.1, 0.15) is 12.8 Å². The van der Waals surface area contributed by atoms with Crippen LogP contribution in [0, 0.1) is 5.92 Å². The van der Waals surface area contributed by atoms with E-state index in [1.165, 1.54) is 0 Å². The van der Waals surface area contributed by atoms with Gasteiger partial charge in [-0.1, -0.05) is 23.7 Å². The van der Waals surface area contributed by atoms with E-state index >= 15 is 0 Å². The molecular formula is C16H15ClN2O4S2. The van der Waals surface area contributed by atoms with Gasteiger partial charge in [0.25, 0.3) is 0 Å². The van der Waals surface area contributed by atoms with Gasteiger partial charge in [0.05, 0.1) is 39.1 Å². The third kappa shape index (κ3) is 3.26. The molecule has 1 saturated heterocycles. The summed E-state index contributed by atoms with van der Waals surface area (Å²) in [6, 6.07) is 5.57. The molecule has 0 N–H and O–H groups in total. The fourth-order valence-electron chi connectivity index (χ4n) is 3.33. The highest BCUT2D eigenvalue weighted by molar-refractivity contribution is 7.91. The van der Waals surface area contributed by atoms with E-state index in [4.69, 9.17) is 16.0 Å². The molecule has 25 heavy (non-hydrogen) atoms. The molecule has 0 bridgehead atoms. The molecule has 0 unspecified atom stereocenters. The number of nitrogens with zero attached hydrogens (tertiary/aromatic N) is 2. The summed E-state index contributed by atoms with van der Waals surface area (Å²) in [5.74, 6) is 1.02. The quantitative estimate of drug-likeness (QED) is 0.676. The maximum Gasteiger partial charge on any atom is 0.414 e. The summed E-state index contributed by atoms with van der Waals surface area (Å²) in [6.07, 6.45) is 3.18. The van der Waals surface area contributed by atoms with Crippen molar-refractivity contribution in [2.45, 2.75) is 19.4 Å². The molecule has 0 atom stereocenters. The van der Waals surface area contributed by atoms with Gasteiger partial charge < -0.3 is 8.98 Å². The van der Waals surface area contributed by atoms with Crippen LogP contribution in [0.2, 0.25) is 5.02 Å². The standard InChI is InChI=1S/C16H15ClN2O4S2/c17-13-3-1-2-11-12(15-18-24-16(20)23-15)9-19(14(11)13)8-10-4-6-25(21,22)7-5-10/h1-3,9-10H,4-8H2. The highest BCUT2D eigenvalue weighted by atomic mass is 35.5. The number of sulfone groups is 1. The number of hydrogen-bond acceptors (Lipinski definition) is 6. The first kappa shape index (κ1) is 16.8. The summed E-state index contributed by atoms with van der Waals surface area (Å²) in [4.78, 5) is 10.9. The van der Waals surface area contributed by atoms with Crippen molar-refractivity contribution >= 4 is 43.9 Å². The van der Waals surface area contributed by atoms with E-state index in [9.17, 15) is 13.2 Å². The van der Waals surface area contributed by atoms with Crippen molar-refractivity contribution < 1.29 is 12.8 Å². The molecule has 6 nitrogen and oxygen atoms in total. The van der Waals surface area contributed by atoms with E-state index in [2.05, 4.69) is 4.37 Å². The predicted octanol–water partition coefficient (Wildman–Crippen LogP) is 3.20. The van der Waals surface area contributed by atoms with E-state index in [-0.39, 0.29) is 23.3 Å². The minimum Gasteiger partial charge on any atom is -0.394 e. The van der Waals surface area contributed by atoms with Crippen LogP contribution in [0.5, 0.6) is 0 Å². The zero-order valence-electron chi connectivity index (χ0n) is 13.1. The highest BCUT2D eigenvalue weighted by Crippen LogP contribution is 2.35. The van der Waals surface area contributed by atoms with Crippen LogP contribution < -0.4 is 4.94 Å². The van der Waals surface area contributed by atoms with Crippen molar-refractivity contribution in [3.63, 3.8) is 0 Å². The first-order valence-electron chi connectivity index (χ1n) is 7.88. The molecule has 1 aliphatic heterocycles. The summed E-state index contributed by atoms with van der Waals surface area (Å²) in [6.45, 7) is 0.671. The van der Waals surface area contributed by atoms with Crippen LogP contribution in [0.15, 0.2) is 33.6 Å². The van der Waals surface area contributed by atoms with Crippen molar-refractivity contribution in [1.29, 1.82) is 0 Å². The molecule has 0 spiro atoms. The Kier molecular flexibility index (Phi) is 4.21. The zero-order valence-corrected chi connectivity index (χ0v) is 15.5. The molecule has 3 aromatic rings. The Balaban J connectivity index is 1.75. The van der Waals surface area contributed by atoms with E-state index < -0.39 is 14.8 Å². The van der Waals surface area contributed by atoms with Gasteiger partial charge in [0.2, 0.25) is 5.89 Å². The van der Waals surface area contributed by atoms with E-state index in [1.54, 1.807) is 0 Å². The minimum absolute atomic E-state index is 0.235. The zero-order chi connectivity index (χ0) is 17.6. The van der Waals surface area contributed by atoms with Gasteiger partial charge in [0.1, 0.15) is 9.84 Å². The van der Waals surface area contributed by atoms with Crippen LogP contribution in [0.4, 0.5) is 0 Å². The highest BCUT2D eigenvalue weighted by Gasteiger charge is 2.25. The average molecular weight is 399 g/mol. The molecule has 1 aliphatic rings. The molecule has 0 amide bonds. The molecule has 4 rings (SSSR count). The number of halogens is 1. The van der Waals surface area contributed by atoms with Gasteiger partial charge in [0, 0.05) is 18.1 Å². The Hall–Kier alpha value is -1.64. The van der Waals surface area contributed by atoms with Gasteiger partial charge in [-0.05, 0) is 24.8 Å². The summed E-state index contributed by atoms with van der Waals surface area (Å²) < 4.78 is 34.5. The fraction of sp³-hybridized carbons (Fsp3) is 0.375. The summed E-state index contributed by atoms with van der Waals surface area (Å²) in [5.41, 5.74) is 1.57. The first-order chi connectivity index (χ1) is 11.9. The number of hydrogen-bond donors (Lipinski definition) is 0. The monoisotopic (exact) mass is 398 g/mol. The van der Waals surface area contributed by atoms with Crippen LogP contribution in [-0.4, -0.2) is 28.9 Å². The molecular weight excluding hydrogens is 384 g/mol. The average Bonchev–Trinajstić information content (AvgIpc) is 3.14. The van der Waals surface area contributed by atoms with Gasteiger partial charge in [-0.2, -0.15) is 0 Å². The van der Waals surface area contributed by atoms with Crippen molar-refractivity contribution in [2.75, 3.05) is 11.5 Å². The minimum atomic E-state index is -2.89. The third-order valence-electron chi connectivity index (χ3n) is 4.59. The Labute approximate surface area is 153 Å². The van der Waals surface area contributed by atoms with Gasteiger partial charge >= 0.3 is 4.94 Å². The van der Waals surface area contributed by atoms with Crippen LogP contribution in [0.3, 0.4) is 0 Å². The van der Waals surface area contributed by atoms with Crippen molar-refractivity contribution in [3.05, 3.63) is 39.2 Å². The van der Waals surface area contributed by atoms with Crippen LogP contribution in [-0.2, 0) is 16.4 Å². The second kappa shape index (κ2) is 6.26. The Morgan fingerprint density at radius 1 is 1.32 bits per heavy atom. The smallest absolute Gasteiger partial charge is 0.394 e. The third-order valence-corrected chi connectivity index (χ3v) is 7.10. The van der Waals surface area contributed by atoms with Gasteiger partial charge in [-0.25, -0.2) is 13.2 Å². The van der Waals surface area contributed by atoms with Gasteiger partial charge in [-0.15, -0.1) is 4.37 Å². The molecule has 0 aliphatic carbocycles. The number of benzene rings is 1. The Bertz CT molecular complexity index is 1080. The number of rotatable bonds is 3. The molecule has 1 aromatic carbocycles. The van der Waals surface area contributed by atoms with Crippen molar-refractivity contribution in [3.8, 4) is 11.5 Å². The summed E-state index contributed by atoms with van der Waals surface area (Å²) in [5, 5.41) is 1.47. The van der Waals surface area contributed by atoms with Crippen LogP contribution in [0.25, 0.3) is 22.4 Å². The maximum atomic E-state index is 11.6. The fourth-order valence-corrected chi connectivity index (χ4v) is 5.61. The molecule has 0 saturated carbocycles. The first-order valence-corrected chi connectivity index (χ1v) is 10.9. The molecule has 3 heterocycles. The van der Waals surface area contributed by atoms with Crippen molar-refractivity contribution in [2.24, 2.45) is 5.92 Å². The van der Waals surface area contributed by atoms with Gasteiger partial charge in [0.15, 0.2) is 0 Å². The van der Waals surface area contributed by atoms with Crippen molar-refractivity contribution in [1.82, 2.24) is 8.94 Å². The molecule has 9 heteroatoms. The Morgan fingerprint density at radius 2 is 2.08 bits per heavy atom. The molecule has 0 radical (unpaired) electrons. The van der Waals surface area contributed by atoms with Crippen LogP contribution >= 0.6 is 23.1 Å². The summed E-state index contributed by atoms with van der Waals surface area (Å²) >= 11 is 7.18. The van der Waals surface area contributed by atoms with Gasteiger partial charge in [-0.3, -0.25) is 0 Å². The largest absolute Gasteiger partial charge is 0.414 e.